The van der Waals surface area contributed by atoms with Crippen LogP contribution in [0.25, 0.3) is 0 Å². The number of aromatic nitrogens is 3. The van der Waals surface area contributed by atoms with Gasteiger partial charge in [-0.25, -0.2) is 4.68 Å². The molecule has 0 bridgehead atoms. The van der Waals surface area contributed by atoms with E-state index in [1.165, 1.54) is 0 Å². The van der Waals surface area contributed by atoms with E-state index in [1.807, 2.05) is 25.1 Å². The molecule has 0 radical (unpaired) electrons. The van der Waals surface area contributed by atoms with Crippen LogP contribution in [-0.4, -0.2) is 48.2 Å². The smallest absolute Gasteiger partial charge is 0.273 e. The van der Waals surface area contributed by atoms with E-state index in [4.69, 9.17) is 9.47 Å². The monoisotopic (exact) mass is 395 g/mol. The van der Waals surface area contributed by atoms with Gasteiger partial charge in [0.2, 0.25) is 0 Å². The summed E-state index contributed by atoms with van der Waals surface area (Å²) in [6.45, 7) is 3.83. The maximum absolute atomic E-state index is 12.5. The van der Waals surface area contributed by atoms with Gasteiger partial charge in [0, 0.05) is 0 Å². The number of nitrogens with one attached hydrogen (secondary N) is 2. The third-order valence-corrected chi connectivity index (χ3v) is 4.68. The van der Waals surface area contributed by atoms with E-state index in [0.717, 1.165) is 31.5 Å². The second kappa shape index (κ2) is 9.57. The lowest BCUT2D eigenvalue weighted by atomic mass is 10.1. The minimum Gasteiger partial charge on any atom is -0.493 e. The first-order valence-corrected chi connectivity index (χ1v) is 8.77. The molecule has 1 amide bonds. The van der Waals surface area contributed by atoms with E-state index < -0.39 is 0 Å². The van der Waals surface area contributed by atoms with Crippen molar-refractivity contribution in [2.24, 2.45) is 0 Å². The van der Waals surface area contributed by atoms with Gasteiger partial charge in [-0.05, 0) is 50.6 Å². The summed E-state index contributed by atoms with van der Waals surface area (Å²) in [4.78, 5) is 12.5. The highest BCUT2D eigenvalue weighted by Crippen LogP contribution is 2.30. The van der Waals surface area contributed by atoms with Gasteiger partial charge in [0.15, 0.2) is 17.2 Å². The number of piperidine rings is 1. The molecule has 27 heavy (non-hydrogen) atoms. The zero-order valence-electron chi connectivity index (χ0n) is 15.8. The Morgan fingerprint density at radius 1 is 1.26 bits per heavy atom. The lowest BCUT2D eigenvalue weighted by molar-refractivity contribution is 0.0934. The van der Waals surface area contributed by atoms with Crippen molar-refractivity contribution in [1.82, 2.24) is 25.6 Å². The second-order valence-electron chi connectivity index (χ2n) is 6.37. The van der Waals surface area contributed by atoms with Gasteiger partial charge in [-0.2, -0.15) is 0 Å². The Balaban J connectivity index is 0.00000261. The number of nitrogens with zero attached hydrogens (tertiary/aromatic N) is 3. The van der Waals surface area contributed by atoms with Gasteiger partial charge in [0.1, 0.15) is 0 Å². The molecule has 1 aliphatic rings. The van der Waals surface area contributed by atoms with E-state index in [2.05, 4.69) is 20.9 Å². The van der Waals surface area contributed by atoms with Crippen molar-refractivity contribution < 1.29 is 14.3 Å². The predicted molar refractivity (Wildman–Crippen MR) is 104 cm³/mol. The third kappa shape index (κ3) is 4.90. The summed E-state index contributed by atoms with van der Waals surface area (Å²) in [5.41, 5.74) is 1.25. The standard InChI is InChI=1S/C18H25N5O3.ClH/c1-12(13-4-5-16(25-2)17(10-13)26-3)20-18(24)15-11-23(22-21-15)14-6-8-19-9-7-14;/h4-5,10-12,14,19H,6-9H2,1-3H3,(H,20,24);1H. The van der Waals surface area contributed by atoms with E-state index >= 15 is 0 Å². The molecule has 0 saturated carbocycles. The molecule has 3 rings (SSSR count). The van der Waals surface area contributed by atoms with Gasteiger partial charge >= 0.3 is 0 Å². The zero-order valence-corrected chi connectivity index (χ0v) is 16.6. The molecule has 148 valence electrons. The van der Waals surface area contributed by atoms with E-state index in [1.54, 1.807) is 25.1 Å². The summed E-state index contributed by atoms with van der Waals surface area (Å²) in [5.74, 6) is 1.04. The van der Waals surface area contributed by atoms with Crippen LogP contribution in [0.3, 0.4) is 0 Å². The molecule has 1 saturated heterocycles. The SMILES string of the molecule is COc1ccc(C(C)NC(=O)c2cn(C3CCNCC3)nn2)cc1OC.Cl. The van der Waals surface area contributed by atoms with Gasteiger partial charge in [-0.3, -0.25) is 4.79 Å². The molecule has 1 atom stereocenters. The summed E-state index contributed by atoms with van der Waals surface area (Å²) < 4.78 is 12.4. The summed E-state index contributed by atoms with van der Waals surface area (Å²) in [5, 5.41) is 14.4. The topological polar surface area (TPSA) is 90.3 Å². The number of amides is 1. The molecule has 8 nitrogen and oxygen atoms in total. The van der Waals surface area contributed by atoms with Crippen LogP contribution in [0, 0.1) is 0 Å². The van der Waals surface area contributed by atoms with Crippen LogP contribution in [0.15, 0.2) is 24.4 Å². The minimum atomic E-state index is -0.243. The van der Waals surface area contributed by atoms with Crippen molar-refractivity contribution in [2.45, 2.75) is 31.8 Å². The van der Waals surface area contributed by atoms with E-state index in [9.17, 15) is 4.79 Å². The lowest BCUT2D eigenvalue weighted by Crippen LogP contribution is -2.29. The van der Waals surface area contributed by atoms with Crippen LogP contribution in [-0.2, 0) is 0 Å². The molecule has 0 spiro atoms. The fraction of sp³-hybridized carbons (Fsp3) is 0.500. The first kappa shape index (κ1) is 21.0. The first-order valence-electron chi connectivity index (χ1n) is 8.77. The number of benzene rings is 1. The quantitative estimate of drug-likeness (QED) is 0.778. The normalized spacial score (nSPS) is 15.5. The average Bonchev–Trinajstić information content (AvgIpc) is 3.18. The fourth-order valence-electron chi connectivity index (χ4n) is 3.11. The Hall–Kier alpha value is -2.32. The number of methoxy groups -OCH3 is 2. The Kier molecular flexibility index (Phi) is 7.44. The number of carbonyl (C=O) groups is 1. The summed E-state index contributed by atoms with van der Waals surface area (Å²) in [6.07, 6.45) is 3.71. The van der Waals surface area contributed by atoms with Crippen molar-refractivity contribution in [3.8, 4) is 11.5 Å². The van der Waals surface area contributed by atoms with Crippen LogP contribution in [0.4, 0.5) is 0 Å². The molecule has 1 aliphatic heterocycles. The number of hydrogen-bond acceptors (Lipinski definition) is 6. The molecular formula is C18H26ClN5O3. The van der Waals surface area contributed by atoms with Crippen molar-refractivity contribution >= 4 is 18.3 Å². The minimum absolute atomic E-state index is 0. The maximum atomic E-state index is 12.5. The van der Waals surface area contributed by atoms with Crippen molar-refractivity contribution in [1.29, 1.82) is 0 Å². The van der Waals surface area contributed by atoms with Crippen LogP contribution in [0.1, 0.15) is 47.9 Å². The van der Waals surface area contributed by atoms with Crippen molar-refractivity contribution in [3.63, 3.8) is 0 Å². The van der Waals surface area contributed by atoms with Crippen molar-refractivity contribution in [2.75, 3.05) is 27.3 Å². The predicted octanol–water partition coefficient (Wildman–Crippen LogP) is 2.13. The number of ether oxygens (including phenoxy) is 2. The Bertz CT molecular complexity index is 761. The van der Waals surface area contributed by atoms with Gasteiger partial charge in [-0.1, -0.05) is 11.3 Å². The van der Waals surface area contributed by atoms with Gasteiger partial charge in [0.25, 0.3) is 5.91 Å². The fourth-order valence-corrected chi connectivity index (χ4v) is 3.11. The summed E-state index contributed by atoms with van der Waals surface area (Å²) in [6, 6.07) is 5.68. The highest BCUT2D eigenvalue weighted by Gasteiger charge is 2.20. The van der Waals surface area contributed by atoms with Crippen LogP contribution < -0.4 is 20.1 Å². The third-order valence-electron chi connectivity index (χ3n) is 4.68. The molecule has 2 heterocycles. The van der Waals surface area contributed by atoms with Crippen LogP contribution in [0.2, 0.25) is 0 Å². The van der Waals surface area contributed by atoms with E-state index in [-0.39, 0.29) is 24.4 Å². The van der Waals surface area contributed by atoms with E-state index in [0.29, 0.717) is 23.2 Å². The number of hydrogen-bond donors (Lipinski definition) is 2. The number of halogens is 1. The summed E-state index contributed by atoms with van der Waals surface area (Å²) >= 11 is 0. The Labute approximate surface area is 165 Å². The average molecular weight is 396 g/mol. The molecule has 0 aliphatic carbocycles. The van der Waals surface area contributed by atoms with Gasteiger partial charge < -0.3 is 20.1 Å². The lowest BCUT2D eigenvalue weighted by Gasteiger charge is -2.22. The van der Waals surface area contributed by atoms with Gasteiger partial charge in [0.05, 0.1) is 32.5 Å². The molecule has 2 aromatic rings. The van der Waals surface area contributed by atoms with Crippen molar-refractivity contribution in [3.05, 3.63) is 35.7 Å². The maximum Gasteiger partial charge on any atom is 0.273 e. The molecule has 1 aromatic carbocycles. The van der Waals surface area contributed by atoms with Gasteiger partial charge in [-0.15, -0.1) is 17.5 Å². The Morgan fingerprint density at radius 3 is 2.63 bits per heavy atom. The molecule has 1 unspecified atom stereocenters. The van der Waals surface area contributed by atoms with Crippen LogP contribution in [0.5, 0.6) is 11.5 Å². The highest BCUT2D eigenvalue weighted by atomic mass is 35.5. The molecular weight excluding hydrogens is 370 g/mol. The molecule has 9 heteroatoms. The Morgan fingerprint density at radius 2 is 1.96 bits per heavy atom. The zero-order chi connectivity index (χ0) is 18.5. The molecule has 2 N–H and O–H groups in total. The summed E-state index contributed by atoms with van der Waals surface area (Å²) in [7, 11) is 3.18. The number of carbonyl (C=O) groups excluding carboxylic acids is 1. The highest BCUT2D eigenvalue weighted by molar-refractivity contribution is 5.92. The number of rotatable bonds is 6. The largest absolute Gasteiger partial charge is 0.493 e. The molecule has 1 fully saturated rings. The first-order chi connectivity index (χ1) is 12.6. The van der Waals surface area contributed by atoms with Crippen LogP contribution >= 0.6 is 12.4 Å². The molecule has 1 aromatic heterocycles. The second-order valence-corrected chi connectivity index (χ2v) is 6.37.